The van der Waals surface area contributed by atoms with Crippen LogP contribution in [0.25, 0.3) is 0 Å². The molecule has 146 valence electrons. The highest BCUT2D eigenvalue weighted by atomic mass is 16.3. The standard InChI is InChI=1S/C23H33N3O/c1-17(2)18-6-8-19(9-7-18)23(27)12-10-20(11-13-23)24-15-21-16-25-22-5-3-4-14-26(21)22/h6-9,16-17,20,24,27H,3-5,10-15H2,1-2H3. The highest BCUT2D eigenvalue weighted by Gasteiger charge is 2.34. The van der Waals surface area contributed by atoms with E-state index in [1.807, 2.05) is 6.20 Å². The van der Waals surface area contributed by atoms with E-state index >= 15 is 0 Å². The van der Waals surface area contributed by atoms with Crippen LogP contribution in [0.5, 0.6) is 0 Å². The summed E-state index contributed by atoms with van der Waals surface area (Å²) in [4.78, 5) is 4.59. The molecule has 1 aliphatic carbocycles. The largest absolute Gasteiger partial charge is 0.385 e. The highest BCUT2D eigenvalue weighted by molar-refractivity contribution is 5.29. The van der Waals surface area contributed by atoms with Crippen LogP contribution < -0.4 is 5.32 Å². The van der Waals surface area contributed by atoms with E-state index in [0.29, 0.717) is 12.0 Å². The van der Waals surface area contributed by atoms with Gasteiger partial charge in [-0.2, -0.15) is 0 Å². The third-order valence-corrected chi connectivity index (χ3v) is 6.55. The van der Waals surface area contributed by atoms with Crippen LogP contribution >= 0.6 is 0 Å². The van der Waals surface area contributed by atoms with Gasteiger partial charge in [-0.05, 0) is 55.6 Å². The van der Waals surface area contributed by atoms with Gasteiger partial charge in [0.2, 0.25) is 0 Å². The van der Waals surface area contributed by atoms with Gasteiger partial charge in [-0.25, -0.2) is 4.98 Å². The number of imidazole rings is 1. The molecule has 0 unspecified atom stereocenters. The number of hydrogen-bond acceptors (Lipinski definition) is 3. The lowest BCUT2D eigenvalue weighted by molar-refractivity contribution is -0.00853. The van der Waals surface area contributed by atoms with Crippen LogP contribution in [0.3, 0.4) is 0 Å². The molecule has 1 aromatic heterocycles. The van der Waals surface area contributed by atoms with E-state index in [2.05, 4.69) is 53.0 Å². The number of rotatable bonds is 5. The molecule has 4 rings (SSSR count). The zero-order chi connectivity index (χ0) is 18.9. The zero-order valence-corrected chi connectivity index (χ0v) is 16.7. The van der Waals surface area contributed by atoms with Crippen molar-refractivity contribution in [3.63, 3.8) is 0 Å². The first-order valence-corrected chi connectivity index (χ1v) is 10.6. The zero-order valence-electron chi connectivity index (χ0n) is 16.7. The summed E-state index contributed by atoms with van der Waals surface area (Å²) in [7, 11) is 0. The number of aliphatic hydroxyl groups is 1. The molecule has 0 radical (unpaired) electrons. The van der Waals surface area contributed by atoms with Crippen molar-refractivity contribution in [2.24, 2.45) is 0 Å². The van der Waals surface area contributed by atoms with Crippen molar-refractivity contribution in [3.8, 4) is 0 Å². The summed E-state index contributed by atoms with van der Waals surface area (Å²) < 4.78 is 2.39. The molecular weight excluding hydrogens is 334 g/mol. The molecule has 0 saturated heterocycles. The molecule has 1 saturated carbocycles. The fourth-order valence-corrected chi connectivity index (χ4v) is 4.64. The fourth-order valence-electron chi connectivity index (χ4n) is 4.64. The average Bonchev–Trinajstić information content (AvgIpc) is 3.11. The number of fused-ring (bicyclic) bond motifs is 1. The first-order valence-electron chi connectivity index (χ1n) is 10.6. The number of benzene rings is 1. The predicted octanol–water partition coefficient (Wildman–Crippen LogP) is 4.26. The molecule has 1 aromatic carbocycles. The minimum atomic E-state index is -0.663. The SMILES string of the molecule is CC(C)c1ccc(C2(O)CCC(NCc3cnc4n3CCCC4)CC2)cc1. The molecule has 2 heterocycles. The molecule has 0 amide bonds. The first kappa shape index (κ1) is 18.7. The second-order valence-electron chi connectivity index (χ2n) is 8.74. The van der Waals surface area contributed by atoms with E-state index in [1.54, 1.807) is 0 Å². The molecule has 27 heavy (non-hydrogen) atoms. The Morgan fingerprint density at radius 2 is 1.93 bits per heavy atom. The van der Waals surface area contributed by atoms with E-state index in [4.69, 9.17) is 0 Å². The van der Waals surface area contributed by atoms with Gasteiger partial charge in [0.25, 0.3) is 0 Å². The number of aromatic nitrogens is 2. The highest BCUT2D eigenvalue weighted by Crippen LogP contribution is 2.37. The number of nitrogens with zero attached hydrogens (tertiary/aromatic N) is 2. The minimum Gasteiger partial charge on any atom is -0.385 e. The van der Waals surface area contributed by atoms with Gasteiger partial charge < -0.3 is 15.0 Å². The quantitative estimate of drug-likeness (QED) is 0.830. The van der Waals surface area contributed by atoms with Crippen LogP contribution in [0.2, 0.25) is 0 Å². The number of nitrogens with one attached hydrogen (secondary N) is 1. The van der Waals surface area contributed by atoms with Gasteiger partial charge in [0.15, 0.2) is 0 Å². The fraction of sp³-hybridized carbons (Fsp3) is 0.609. The molecule has 2 aromatic rings. The lowest BCUT2D eigenvalue weighted by atomic mass is 9.77. The Hall–Kier alpha value is -1.65. The first-order chi connectivity index (χ1) is 13.0. The molecule has 0 spiro atoms. The molecule has 1 fully saturated rings. The number of hydrogen-bond donors (Lipinski definition) is 2. The molecule has 0 atom stereocenters. The van der Waals surface area contributed by atoms with E-state index in [9.17, 15) is 5.11 Å². The van der Waals surface area contributed by atoms with E-state index in [1.165, 1.54) is 29.9 Å². The maximum absolute atomic E-state index is 11.2. The molecule has 2 aliphatic rings. The van der Waals surface area contributed by atoms with Crippen LogP contribution in [0, 0.1) is 0 Å². The Bertz CT molecular complexity index is 754. The summed E-state index contributed by atoms with van der Waals surface area (Å²) in [5.74, 6) is 1.78. The second-order valence-corrected chi connectivity index (χ2v) is 8.74. The molecule has 0 bridgehead atoms. The molecular formula is C23H33N3O. The van der Waals surface area contributed by atoms with Gasteiger partial charge in [0.05, 0.1) is 11.3 Å². The lowest BCUT2D eigenvalue weighted by Gasteiger charge is -2.37. The Balaban J connectivity index is 1.32. The van der Waals surface area contributed by atoms with Gasteiger partial charge in [-0.3, -0.25) is 0 Å². The average molecular weight is 368 g/mol. The summed E-state index contributed by atoms with van der Waals surface area (Å²) in [6.07, 6.45) is 9.39. The van der Waals surface area contributed by atoms with Gasteiger partial charge in [-0.15, -0.1) is 0 Å². The van der Waals surface area contributed by atoms with Crippen molar-refractivity contribution < 1.29 is 5.11 Å². The third kappa shape index (κ3) is 3.97. The van der Waals surface area contributed by atoms with Crippen LogP contribution in [0.4, 0.5) is 0 Å². The normalized spacial score (nSPS) is 25.6. The summed E-state index contributed by atoms with van der Waals surface area (Å²) in [5.41, 5.74) is 3.07. The lowest BCUT2D eigenvalue weighted by Crippen LogP contribution is -2.39. The molecule has 2 N–H and O–H groups in total. The maximum atomic E-state index is 11.2. The van der Waals surface area contributed by atoms with Gasteiger partial charge in [0, 0.05) is 31.7 Å². The Morgan fingerprint density at radius 3 is 2.63 bits per heavy atom. The maximum Gasteiger partial charge on any atom is 0.108 e. The van der Waals surface area contributed by atoms with Crippen molar-refractivity contribution >= 4 is 0 Å². The van der Waals surface area contributed by atoms with Crippen molar-refractivity contribution in [2.75, 3.05) is 0 Å². The minimum absolute atomic E-state index is 0.481. The van der Waals surface area contributed by atoms with Crippen molar-refractivity contribution in [2.45, 2.75) is 89.4 Å². The van der Waals surface area contributed by atoms with Gasteiger partial charge in [0.1, 0.15) is 5.82 Å². The predicted molar refractivity (Wildman–Crippen MR) is 109 cm³/mol. The summed E-state index contributed by atoms with van der Waals surface area (Å²) in [6.45, 7) is 6.42. The van der Waals surface area contributed by atoms with Gasteiger partial charge >= 0.3 is 0 Å². The van der Waals surface area contributed by atoms with Crippen molar-refractivity contribution in [3.05, 3.63) is 53.1 Å². The number of aryl methyl sites for hydroxylation is 1. The molecule has 4 heteroatoms. The Kier molecular flexibility index (Phi) is 5.38. The summed E-state index contributed by atoms with van der Waals surface area (Å²) >= 11 is 0. The van der Waals surface area contributed by atoms with Crippen molar-refractivity contribution in [1.82, 2.24) is 14.9 Å². The Labute approximate surface area is 163 Å². The topological polar surface area (TPSA) is 50.1 Å². The summed E-state index contributed by atoms with van der Waals surface area (Å²) in [5, 5.41) is 14.9. The monoisotopic (exact) mass is 367 g/mol. The van der Waals surface area contributed by atoms with Crippen LogP contribution in [0.15, 0.2) is 30.5 Å². The van der Waals surface area contributed by atoms with E-state index in [0.717, 1.165) is 50.8 Å². The van der Waals surface area contributed by atoms with Crippen LogP contribution in [-0.4, -0.2) is 20.7 Å². The van der Waals surface area contributed by atoms with E-state index < -0.39 is 5.60 Å². The smallest absolute Gasteiger partial charge is 0.108 e. The Morgan fingerprint density at radius 1 is 1.19 bits per heavy atom. The van der Waals surface area contributed by atoms with E-state index in [-0.39, 0.29) is 0 Å². The molecule has 1 aliphatic heterocycles. The summed E-state index contributed by atoms with van der Waals surface area (Å²) in [6, 6.07) is 9.08. The van der Waals surface area contributed by atoms with Crippen LogP contribution in [-0.2, 0) is 25.1 Å². The van der Waals surface area contributed by atoms with Crippen LogP contribution in [0.1, 0.15) is 80.9 Å². The van der Waals surface area contributed by atoms with Crippen molar-refractivity contribution in [1.29, 1.82) is 0 Å². The third-order valence-electron chi connectivity index (χ3n) is 6.55. The molecule has 4 nitrogen and oxygen atoms in total. The second kappa shape index (κ2) is 7.76. The van der Waals surface area contributed by atoms with Gasteiger partial charge in [-0.1, -0.05) is 38.1 Å².